The van der Waals surface area contributed by atoms with E-state index in [0.717, 1.165) is 0 Å². The van der Waals surface area contributed by atoms with Crippen LogP contribution in [-0.2, 0) is 19.1 Å². The molecule has 0 aliphatic rings. The quantitative estimate of drug-likeness (QED) is 0.648. The molecule has 3 N–H and O–H groups in total. The topological polar surface area (TPSA) is 90.7 Å². The fraction of sp³-hybridized carbons (Fsp3) is 0.385. The van der Waals surface area contributed by atoms with Gasteiger partial charge in [0.2, 0.25) is 11.8 Å². The van der Waals surface area contributed by atoms with Gasteiger partial charge in [-0.25, -0.2) is 0 Å². The highest BCUT2D eigenvalue weighted by atomic mass is 16.5. The van der Waals surface area contributed by atoms with Crippen molar-refractivity contribution in [2.45, 2.75) is 6.04 Å². The number of nitrogens with two attached hydrogens (primary N) is 1. The third-order valence-electron chi connectivity index (χ3n) is 2.39. The fourth-order valence-corrected chi connectivity index (χ4v) is 1.47. The highest BCUT2D eigenvalue weighted by Gasteiger charge is 2.19. The SMILES string of the molecule is COCCOCC(=O)NC(C(N)=O)c1ccccc1. The average molecular weight is 266 g/mol. The summed E-state index contributed by atoms with van der Waals surface area (Å²) in [5.74, 6) is -1.01. The number of carbonyl (C=O) groups excluding carboxylic acids is 2. The summed E-state index contributed by atoms with van der Waals surface area (Å²) in [6.45, 7) is 0.585. The number of methoxy groups -OCH3 is 1. The Morgan fingerprint density at radius 3 is 2.53 bits per heavy atom. The minimum absolute atomic E-state index is 0.139. The largest absolute Gasteiger partial charge is 0.382 e. The number of benzene rings is 1. The Bertz CT molecular complexity index is 408. The summed E-state index contributed by atoms with van der Waals surface area (Å²) in [4.78, 5) is 23.0. The zero-order chi connectivity index (χ0) is 14.1. The molecule has 2 amide bonds. The van der Waals surface area contributed by atoms with Crippen molar-refractivity contribution in [3.8, 4) is 0 Å². The van der Waals surface area contributed by atoms with E-state index in [9.17, 15) is 9.59 Å². The normalized spacial score (nSPS) is 11.8. The number of rotatable bonds is 8. The van der Waals surface area contributed by atoms with Gasteiger partial charge in [0, 0.05) is 7.11 Å². The number of hydrogen-bond donors (Lipinski definition) is 2. The van der Waals surface area contributed by atoms with E-state index in [2.05, 4.69) is 5.32 Å². The molecule has 0 spiro atoms. The third-order valence-corrected chi connectivity index (χ3v) is 2.39. The minimum Gasteiger partial charge on any atom is -0.382 e. The lowest BCUT2D eigenvalue weighted by Crippen LogP contribution is -2.39. The molecule has 1 aromatic carbocycles. The van der Waals surface area contributed by atoms with Gasteiger partial charge in [0.15, 0.2) is 0 Å². The van der Waals surface area contributed by atoms with Gasteiger partial charge in [-0.15, -0.1) is 0 Å². The zero-order valence-corrected chi connectivity index (χ0v) is 10.8. The van der Waals surface area contributed by atoms with E-state index in [1.165, 1.54) is 0 Å². The first-order valence-corrected chi connectivity index (χ1v) is 5.85. The minimum atomic E-state index is -0.847. The Hall–Kier alpha value is -1.92. The predicted molar refractivity (Wildman–Crippen MR) is 69.2 cm³/mol. The summed E-state index contributed by atoms with van der Waals surface area (Å²) >= 11 is 0. The highest BCUT2D eigenvalue weighted by Crippen LogP contribution is 2.11. The van der Waals surface area contributed by atoms with Gasteiger partial charge >= 0.3 is 0 Å². The molecule has 0 saturated carbocycles. The van der Waals surface area contributed by atoms with Crippen LogP contribution in [0.5, 0.6) is 0 Å². The maximum atomic E-state index is 11.6. The fourth-order valence-electron chi connectivity index (χ4n) is 1.47. The van der Waals surface area contributed by atoms with Gasteiger partial charge in [-0.2, -0.15) is 0 Å². The lowest BCUT2D eigenvalue weighted by Gasteiger charge is -2.15. The van der Waals surface area contributed by atoms with Crippen LogP contribution in [0.2, 0.25) is 0 Å². The standard InChI is InChI=1S/C13H18N2O4/c1-18-7-8-19-9-11(16)15-12(13(14)17)10-5-3-2-4-6-10/h2-6,12H,7-9H2,1H3,(H2,14,17)(H,15,16). The molecule has 6 heteroatoms. The van der Waals surface area contributed by atoms with E-state index < -0.39 is 17.9 Å². The van der Waals surface area contributed by atoms with Crippen LogP contribution >= 0.6 is 0 Å². The molecule has 1 atom stereocenters. The van der Waals surface area contributed by atoms with Crippen molar-refractivity contribution in [3.05, 3.63) is 35.9 Å². The predicted octanol–water partition coefficient (Wildman–Crippen LogP) is -0.00780. The molecular weight excluding hydrogens is 248 g/mol. The van der Waals surface area contributed by atoms with E-state index in [0.29, 0.717) is 18.8 Å². The number of nitrogens with one attached hydrogen (secondary N) is 1. The third kappa shape index (κ3) is 5.50. The molecule has 6 nitrogen and oxygen atoms in total. The van der Waals surface area contributed by atoms with Crippen molar-refractivity contribution >= 4 is 11.8 Å². The molecule has 1 aromatic rings. The van der Waals surface area contributed by atoms with Crippen LogP contribution in [0.25, 0.3) is 0 Å². The summed E-state index contributed by atoms with van der Waals surface area (Å²) in [6, 6.07) is 7.96. The summed E-state index contributed by atoms with van der Waals surface area (Å²) in [7, 11) is 1.54. The summed E-state index contributed by atoms with van der Waals surface area (Å²) in [5.41, 5.74) is 5.92. The first-order chi connectivity index (χ1) is 9.15. The second kappa shape index (κ2) is 8.23. The first-order valence-electron chi connectivity index (χ1n) is 5.85. The molecule has 0 heterocycles. The number of primary amides is 1. The number of ether oxygens (including phenoxy) is 2. The van der Waals surface area contributed by atoms with Crippen molar-refractivity contribution in [3.63, 3.8) is 0 Å². The number of hydrogen-bond acceptors (Lipinski definition) is 4. The Morgan fingerprint density at radius 2 is 1.95 bits per heavy atom. The first kappa shape index (κ1) is 15.1. The Kier molecular flexibility index (Phi) is 6.56. The van der Waals surface area contributed by atoms with Gasteiger partial charge in [0.25, 0.3) is 0 Å². The highest BCUT2D eigenvalue weighted by molar-refractivity contribution is 5.88. The number of amides is 2. The summed E-state index contributed by atoms with van der Waals surface area (Å²) < 4.78 is 9.84. The molecule has 0 saturated heterocycles. The van der Waals surface area contributed by atoms with Crippen molar-refractivity contribution in [1.82, 2.24) is 5.32 Å². The molecule has 1 unspecified atom stereocenters. The molecule has 19 heavy (non-hydrogen) atoms. The molecule has 0 aliphatic heterocycles. The maximum absolute atomic E-state index is 11.6. The van der Waals surface area contributed by atoms with E-state index in [1.54, 1.807) is 31.4 Å². The smallest absolute Gasteiger partial charge is 0.246 e. The van der Waals surface area contributed by atoms with Crippen molar-refractivity contribution in [2.75, 3.05) is 26.9 Å². The van der Waals surface area contributed by atoms with Gasteiger partial charge < -0.3 is 20.5 Å². The van der Waals surface area contributed by atoms with Gasteiger partial charge in [0.1, 0.15) is 12.6 Å². The molecule has 0 radical (unpaired) electrons. The Labute approximate surface area is 111 Å². The van der Waals surface area contributed by atoms with Crippen LogP contribution in [0, 0.1) is 0 Å². The molecule has 0 aliphatic carbocycles. The maximum Gasteiger partial charge on any atom is 0.246 e. The van der Waals surface area contributed by atoms with Gasteiger partial charge in [0.05, 0.1) is 13.2 Å². The molecule has 0 fully saturated rings. The van der Waals surface area contributed by atoms with Crippen LogP contribution in [0.1, 0.15) is 11.6 Å². The second-order valence-electron chi connectivity index (χ2n) is 3.86. The van der Waals surface area contributed by atoms with Crippen molar-refractivity contribution in [1.29, 1.82) is 0 Å². The van der Waals surface area contributed by atoms with Gasteiger partial charge in [-0.3, -0.25) is 9.59 Å². The molecule has 0 bridgehead atoms. The zero-order valence-electron chi connectivity index (χ0n) is 10.8. The average Bonchev–Trinajstić information content (AvgIpc) is 2.41. The molecular formula is C13H18N2O4. The van der Waals surface area contributed by atoms with Crippen molar-refractivity contribution < 1.29 is 19.1 Å². The summed E-state index contributed by atoms with van der Waals surface area (Å²) in [6.07, 6.45) is 0. The van der Waals surface area contributed by atoms with Gasteiger partial charge in [-0.1, -0.05) is 30.3 Å². The summed E-state index contributed by atoms with van der Waals surface area (Å²) in [5, 5.41) is 2.53. The lowest BCUT2D eigenvalue weighted by atomic mass is 10.1. The molecule has 0 aromatic heterocycles. The van der Waals surface area contributed by atoms with Crippen LogP contribution < -0.4 is 11.1 Å². The van der Waals surface area contributed by atoms with E-state index >= 15 is 0 Å². The lowest BCUT2D eigenvalue weighted by molar-refractivity contribution is -0.130. The van der Waals surface area contributed by atoms with Crippen molar-refractivity contribution in [2.24, 2.45) is 5.73 Å². The monoisotopic (exact) mass is 266 g/mol. The Morgan fingerprint density at radius 1 is 1.26 bits per heavy atom. The molecule has 104 valence electrons. The van der Waals surface area contributed by atoms with Gasteiger partial charge in [-0.05, 0) is 5.56 Å². The number of carbonyl (C=O) groups is 2. The van der Waals surface area contributed by atoms with E-state index in [1.807, 2.05) is 6.07 Å². The Balaban J connectivity index is 2.51. The van der Waals surface area contributed by atoms with E-state index in [-0.39, 0.29) is 6.61 Å². The second-order valence-corrected chi connectivity index (χ2v) is 3.86. The van der Waals surface area contributed by atoms with Crippen LogP contribution in [0.4, 0.5) is 0 Å². The van der Waals surface area contributed by atoms with Crippen LogP contribution in [0.15, 0.2) is 30.3 Å². The molecule has 1 rings (SSSR count). The van der Waals surface area contributed by atoms with E-state index in [4.69, 9.17) is 15.2 Å². The van der Waals surface area contributed by atoms with Crippen LogP contribution in [-0.4, -0.2) is 38.7 Å². The van der Waals surface area contributed by atoms with Crippen LogP contribution in [0.3, 0.4) is 0 Å².